The van der Waals surface area contributed by atoms with Crippen LogP contribution in [0.1, 0.15) is 22.3 Å². The van der Waals surface area contributed by atoms with E-state index in [2.05, 4.69) is 234 Å². The Hall–Kier alpha value is -8.14. The van der Waals surface area contributed by atoms with Crippen molar-refractivity contribution in [2.24, 2.45) is 0 Å². The number of nitrogens with zero attached hydrogens (tertiary/aromatic N) is 2. The summed E-state index contributed by atoms with van der Waals surface area (Å²) < 4.78 is 6.49. The molecule has 3 nitrogen and oxygen atoms in total. The minimum absolute atomic E-state index is 0.626. The van der Waals surface area contributed by atoms with Gasteiger partial charge in [0, 0.05) is 33.7 Å². The molecule has 2 aliphatic carbocycles. The summed E-state index contributed by atoms with van der Waals surface area (Å²) >= 11 is 0. The molecule has 0 bridgehead atoms. The third-order valence-corrected chi connectivity index (χ3v) is 13.2. The first-order chi connectivity index (χ1) is 30.8. The van der Waals surface area contributed by atoms with Gasteiger partial charge in [-0.3, -0.25) is 0 Å². The highest BCUT2D eigenvalue weighted by Gasteiger charge is 2.53. The Kier molecular flexibility index (Phi) is 7.52. The predicted molar refractivity (Wildman–Crippen MR) is 257 cm³/mol. The summed E-state index contributed by atoms with van der Waals surface area (Å²) in [7, 11) is 0. The number of hydrogen-bond acceptors (Lipinski definition) is 3. The lowest BCUT2D eigenvalue weighted by Gasteiger charge is -2.34. The highest BCUT2D eigenvalue weighted by molar-refractivity contribution is 6.14. The molecule has 0 amide bonds. The first-order valence-corrected chi connectivity index (χ1v) is 21.4. The number of furan rings is 1. The van der Waals surface area contributed by atoms with Crippen molar-refractivity contribution in [3.8, 4) is 22.3 Å². The van der Waals surface area contributed by atoms with Gasteiger partial charge in [0.05, 0.1) is 22.2 Å². The van der Waals surface area contributed by atoms with Crippen molar-refractivity contribution >= 4 is 66.8 Å². The molecule has 13 rings (SSSR count). The molecule has 62 heavy (non-hydrogen) atoms. The highest BCUT2D eigenvalue weighted by Crippen LogP contribution is 2.66. The Labute approximate surface area is 360 Å². The summed E-state index contributed by atoms with van der Waals surface area (Å²) in [5.41, 5.74) is 18.0. The van der Waals surface area contributed by atoms with Crippen LogP contribution in [0.15, 0.2) is 235 Å². The second-order valence-electron chi connectivity index (χ2n) is 16.4. The molecule has 2 aliphatic rings. The van der Waals surface area contributed by atoms with Crippen molar-refractivity contribution in [3.63, 3.8) is 0 Å². The zero-order valence-corrected chi connectivity index (χ0v) is 33.7. The van der Waals surface area contributed by atoms with Crippen LogP contribution in [-0.4, -0.2) is 0 Å². The normalized spacial score (nSPS) is 14.5. The fourth-order valence-electron chi connectivity index (χ4n) is 10.8. The molecule has 10 aromatic carbocycles. The molecule has 0 fully saturated rings. The molecular formula is C59H38N2O. The first-order valence-electron chi connectivity index (χ1n) is 21.4. The molecule has 3 heteroatoms. The summed E-state index contributed by atoms with van der Waals surface area (Å²) in [5.74, 6) is 0. The summed E-state index contributed by atoms with van der Waals surface area (Å²) in [4.78, 5) is 4.87. The lowest BCUT2D eigenvalue weighted by molar-refractivity contribution is 0.669. The largest absolute Gasteiger partial charge is 0.456 e. The van der Waals surface area contributed by atoms with Gasteiger partial charge in [0.1, 0.15) is 11.2 Å². The molecule has 1 spiro atoms. The fraction of sp³-hybridized carbons (Fsp3) is 0.0169. The zero-order chi connectivity index (χ0) is 40.8. The van der Waals surface area contributed by atoms with Gasteiger partial charge >= 0.3 is 0 Å². The molecule has 0 N–H and O–H groups in total. The standard InChI is InChI=1S/C59H38N2O/c1-4-20-40(21-5-1)60(41-22-6-2-7-23-41)53-37-39-19-10-11-26-44(39)58-57(53)47-28-13-16-31-50(47)59(58)49-30-15-12-27-45(49)46-36-35-43(38-51(46)59)61(42-24-8-3-9-25-42)52-32-18-34-55-56(52)48-29-14-17-33-54(48)62-55/h1-38H. The van der Waals surface area contributed by atoms with E-state index in [0.29, 0.717) is 0 Å². The van der Waals surface area contributed by atoms with E-state index in [1.54, 1.807) is 0 Å². The van der Waals surface area contributed by atoms with Gasteiger partial charge in [-0.2, -0.15) is 0 Å². The maximum absolute atomic E-state index is 6.49. The molecule has 1 aromatic heterocycles. The molecule has 0 saturated carbocycles. The van der Waals surface area contributed by atoms with E-state index in [4.69, 9.17) is 4.42 Å². The van der Waals surface area contributed by atoms with Crippen LogP contribution in [0.25, 0.3) is 55.0 Å². The van der Waals surface area contributed by atoms with Crippen LogP contribution >= 0.6 is 0 Å². The van der Waals surface area contributed by atoms with Crippen molar-refractivity contribution in [1.82, 2.24) is 0 Å². The summed E-state index contributed by atoms with van der Waals surface area (Å²) in [6.45, 7) is 0. The summed E-state index contributed by atoms with van der Waals surface area (Å²) in [5, 5.41) is 4.66. The molecule has 1 atom stereocenters. The zero-order valence-electron chi connectivity index (χ0n) is 33.7. The van der Waals surface area contributed by atoms with Crippen molar-refractivity contribution in [3.05, 3.63) is 253 Å². The van der Waals surface area contributed by atoms with E-state index in [1.807, 2.05) is 6.07 Å². The molecule has 1 heterocycles. The average molecular weight is 791 g/mol. The van der Waals surface area contributed by atoms with E-state index < -0.39 is 5.41 Å². The van der Waals surface area contributed by atoms with Gasteiger partial charge in [0.25, 0.3) is 0 Å². The van der Waals surface area contributed by atoms with Crippen LogP contribution in [0.3, 0.4) is 0 Å². The van der Waals surface area contributed by atoms with Gasteiger partial charge in [-0.05, 0) is 123 Å². The number of para-hydroxylation sites is 4. The summed E-state index contributed by atoms with van der Waals surface area (Å²) in [6.07, 6.45) is 0. The van der Waals surface area contributed by atoms with Gasteiger partial charge in [0.2, 0.25) is 0 Å². The lowest BCUT2D eigenvalue weighted by atomic mass is 9.69. The second kappa shape index (κ2) is 13.4. The Morgan fingerprint density at radius 2 is 0.871 bits per heavy atom. The molecule has 0 aliphatic heterocycles. The number of fused-ring (bicyclic) bond motifs is 15. The Morgan fingerprint density at radius 3 is 1.58 bits per heavy atom. The molecular weight excluding hydrogens is 753 g/mol. The topological polar surface area (TPSA) is 19.6 Å². The monoisotopic (exact) mass is 790 g/mol. The number of rotatable bonds is 6. The third-order valence-electron chi connectivity index (χ3n) is 13.2. The van der Waals surface area contributed by atoms with Crippen LogP contribution in [0, 0.1) is 0 Å². The third kappa shape index (κ3) is 4.82. The van der Waals surface area contributed by atoms with E-state index in [1.165, 1.54) is 55.3 Å². The Morgan fingerprint density at radius 1 is 0.339 bits per heavy atom. The predicted octanol–water partition coefficient (Wildman–Crippen LogP) is 16.0. The van der Waals surface area contributed by atoms with Crippen LogP contribution in [0.4, 0.5) is 34.1 Å². The molecule has 11 aromatic rings. The average Bonchev–Trinajstić information content (AvgIpc) is 3.98. The van der Waals surface area contributed by atoms with Gasteiger partial charge in [0.15, 0.2) is 0 Å². The minimum atomic E-state index is -0.626. The van der Waals surface area contributed by atoms with Crippen LogP contribution in [0.2, 0.25) is 0 Å². The maximum atomic E-state index is 6.49. The van der Waals surface area contributed by atoms with E-state index in [-0.39, 0.29) is 0 Å². The highest BCUT2D eigenvalue weighted by atomic mass is 16.3. The lowest BCUT2D eigenvalue weighted by Crippen LogP contribution is -2.27. The Bertz CT molecular complexity index is 3500. The minimum Gasteiger partial charge on any atom is -0.456 e. The van der Waals surface area contributed by atoms with Gasteiger partial charge in [-0.25, -0.2) is 0 Å². The number of benzene rings is 10. The Balaban J connectivity index is 1.15. The SMILES string of the molecule is c1ccc(N(c2ccccc2)c2cc3ccccc3c3c2-c2ccccc2C32c3ccccc3-c3ccc(N(c4ccccc4)c4cccc5oc6ccccc6c45)cc32)cc1. The van der Waals surface area contributed by atoms with Crippen molar-refractivity contribution in [2.75, 3.05) is 9.80 Å². The van der Waals surface area contributed by atoms with Crippen molar-refractivity contribution in [2.45, 2.75) is 5.41 Å². The number of anilines is 6. The van der Waals surface area contributed by atoms with Crippen LogP contribution in [0.5, 0.6) is 0 Å². The van der Waals surface area contributed by atoms with E-state index >= 15 is 0 Å². The quantitative estimate of drug-likeness (QED) is 0.167. The van der Waals surface area contributed by atoms with E-state index in [9.17, 15) is 0 Å². The fourth-order valence-corrected chi connectivity index (χ4v) is 10.8. The van der Waals surface area contributed by atoms with E-state index in [0.717, 1.165) is 56.1 Å². The molecule has 0 radical (unpaired) electrons. The van der Waals surface area contributed by atoms with Gasteiger partial charge < -0.3 is 14.2 Å². The van der Waals surface area contributed by atoms with Gasteiger partial charge in [-0.1, -0.05) is 158 Å². The smallest absolute Gasteiger partial charge is 0.137 e. The van der Waals surface area contributed by atoms with Crippen molar-refractivity contribution < 1.29 is 4.42 Å². The first kappa shape index (κ1) is 34.7. The maximum Gasteiger partial charge on any atom is 0.137 e. The molecule has 1 unspecified atom stereocenters. The van der Waals surface area contributed by atoms with Gasteiger partial charge in [-0.15, -0.1) is 0 Å². The summed E-state index contributed by atoms with van der Waals surface area (Å²) in [6, 6.07) is 84.1. The van der Waals surface area contributed by atoms with Crippen molar-refractivity contribution in [1.29, 1.82) is 0 Å². The molecule has 0 saturated heterocycles. The van der Waals surface area contributed by atoms with Crippen LogP contribution in [-0.2, 0) is 5.41 Å². The number of hydrogen-bond donors (Lipinski definition) is 0. The molecule has 290 valence electrons. The van der Waals surface area contributed by atoms with Crippen LogP contribution < -0.4 is 9.80 Å². The second-order valence-corrected chi connectivity index (χ2v) is 16.4.